The standard InChI is InChI=1S/C25H33FN2O2/c1-4-5-6-7-8-23(20-9-12-22(29-2)13-10-20)27-15-17-28(18-16-27)24-14-11-21(26)19-25(24)30-3/h4-5,9-14,19,23H,6-8,15-18H2,1-3H3. The number of allylic oxidation sites excluding steroid dienone is 2. The summed E-state index contributed by atoms with van der Waals surface area (Å²) in [5.74, 6) is 1.22. The molecule has 1 aliphatic rings. The van der Waals surface area contributed by atoms with Gasteiger partial charge in [0, 0.05) is 38.3 Å². The van der Waals surface area contributed by atoms with E-state index in [2.05, 4.69) is 41.0 Å². The van der Waals surface area contributed by atoms with E-state index in [4.69, 9.17) is 9.47 Å². The molecule has 2 aromatic rings. The van der Waals surface area contributed by atoms with Crippen molar-refractivity contribution < 1.29 is 13.9 Å². The molecule has 4 nitrogen and oxygen atoms in total. The molecule has 1 aliphatic heterocycles. The van der Waals surface area contributed by atoms with E-state index in [1.54, 1.807) is 14.2 Å². The number of ether oxygens (including phenoxy) is 2. The van der Waals surface area contributed by atoms with Gasteiger partial charge in [0.2, 0.25) is 0 Å². The molecule has 30 heavy (non-hydrogen) atoms. The lowest BCUT2D eigenvalue weighted by atomic mass is 9.98. The Morgan fingerprint density at radius 3 is 2.37 bits per heavy atom. The van der Waals surface area contributed by atoms with Gasteiger partial charge in [-0.2, -0.15) is 0 Å². The molecule has 0 bridgehead atoms. The minimum absolute atomic E-state index is 0.269. The van der Waals surface area contributed by atoms with Crippen LogP contribution in [-0.4, -0.2) is 45.3 Å². The second-order valence-electron chi connectivity index (χ2n) is 7.63. The quantitative estimate of drug-likeness (QED) is 0.404. The Morgan fingerprint density at radius 2 is 1.73 bits per heavy atom. The highest BCUT2D eigenvalue weighted by Gasteiger charge is 2.26. The number of rotatable bonds is 9. The minimum atomic E-state index is -0.269. The molecule has 0 aliphatic carbocycles. The first-order valence-electron chi connectivity index (χ1n) is 10.7. The Bertz CT molecular complexity index is 814. The lowest BCUT2D eigenvalue weighted by molar-refractivity contribution is 0.174. The molecule has 3 rings (SSSR count). The van der Waals surface area contributed by atoms with Crippen molar-refractivity contribution in [2.75, 3.05) is 45.3 Å². The zero-order valence-electron chi connectivity index (χ0n) is 18.3. The first kappa shape index (κ1) is 22.2. The van der Waals surface area contributed by atoms with Crippen LogP contribution in [0.4, 0.5) is 10.1 Å². The third-order valence-electron chi connectivity index (χ3n) is 5.82. The Balaban J connectivity index is 1.70. The van der Waals surface area contributed by atoms with Gasteiger partial charge < -0.3 is 14.4 Å². The lowest BCUT2D eigenvalue weighted by Gasteiger charge is -2.41. The molecule has 1 saturated heterocycles. The predicted molar refractivity (Wildman–Crippen MR) is 121 cm³/mol. The van der Waals surface area contributed by atoms with Gasteiger partial charge in [-0.1, -0.05) is 24.3 Å². The van der Waals surface area contributed by atoms with Gasteiger partial charge >= 0.3 is 0 Å². The molecule has 1 fully saturated rings. The van der Waals surface area contributed by atoms with Crippen molar-refractivity contribution in [2.45, 2.75) is 32.2 Å². The monoisotopic (exact) mass is 412 g/mol. The van der Waals surface area contributed by atoms with Crippen LogP contribution in [0.1, 0.15) is 37.8 Å². The second kappa shape index (κ2) is 11.0. The maximum atomic E-state index is 13.6. The highest BCUT2D eigenvalue weighted by Crippen LogP contribution is 2.33. The summed E-state index contributed by atoms with van der Waals surface area (Å²) in [6.07, 6.45) is 7.75. The molecule has 1 atom stereocenters. The number of unbranched alkanes of at least 4 members (excludes halogenated alkanes) is 1. The zero-order valence-corrected chi connectivity index (χ0v) is 18.3. The molecule has 0 radical (unpaired) electrons. The molecule has 1 heterocycles. The largest absolute Gasteiger partial charge is 0.497 e. The average Bonchev–Trinajstić information content (AvgIpc) is 2.79. The van der Waals surface area contributed by atoms with Crippen molar-refractivity contribution in [3.8, 4) is 11.5 Å². The molecular formula is C25H33FN2O2. The maximum absolute atomic E-state index is 13.6. The summed E-state index contributed by atoms with van der Waals surface area (Å²) in [4.78, 5) is 4.86. The van der Waals surface area contributed by atoms with Crippen LogP contribution >= 0.6 is 0 Å². The minimum Gasteiger partial charge on any atom is -0.497 e. The smallest absolute Gasteiger partial charge is 0.145 e. The summed E-state index contributed by atoms with van der Waals surface area (Å²) in [6, 6.07) is 13.7. The van der Waals surface area contributed by atoms with E-state index in [1.807, 2.05) is 18.2 Å². The van der Waals surface area contributed by atoms with E-state index in [1.165, 1.54) is 17.7 Å². The summed E-state index contributed by atoms with van der Waals surface area (Å²) in [7, 11) is 3.30. The van der Waals surface area contributed by atoms with Gasteiger partial charge in [-0.3, -0.25) is 4.90 Å². The molecule has 0 aromatic heterocycles. The molecule has 2 aromatic carbocycles. The van der Waals surface area contributed by atoms with E-state index < -0.39 is 0 Å². The number of nitrogens with zero attached hydrogens (tertiary/aromatic N) is 2. The number of halogens is 1. The maximum Gasteiger partial charge on any atom is 0.145 e. The van der Waals surface area contributed by atoms with E-state index in [0.29, 0.717) is 11.8 Å². The number of benzene rings is 2. The van der Waals surface area contributed by atoms with Crippen molar-refractivity contribution in [1.29, 1.82) is 0 Å². The van der Waals surface area contributed by atoms with Crippen LogP contribution in [-0.2, 0) is 0 Å². The summed E-state index contributed by atoms with van der Waals surface area (Å²) < 4.78 is 24.3. The van der Waals surface area contributed by atoms with E-state index >= 15 is 0 Å². The molecule has 1 unspecified atom stereocenters. The highest BCUT2D eigenvalue weighted by molar-refractivity contribution is 5.59. The summed E-state index contributed by atoms with van der Waals surface area (Å²) in [6.45, 7) is 5.78. The third kappa shape index (κ3) is 5.54. The van der Waals surface area contributed by atoms with Crippen molar-refractivity contribution in [3.63, 3.8) is 0 Å². The van der Waals surface area contributed by atoms with Crippen LogP contribution in [0.15, 0.2) is 54.6 Å². The summed E-state index contributed by atoms with van der Waals surface area (Å²) >= 11 is 0. The average molecular weight is 413 g/mol. The van der Waals surface area contributed by atoms with Crippen LogP contribution in [0.2, 0.25) is 0 Å². The van der Waals surface area contributed by atoms with Crippen molar-refractivity contribution >= 4 is 5.69 Å². The first-order chi connectivity index (χ1) is 14.7. The first-order valence-corrected chi connectivity index (χ1v) is 10.7. The summed E-state index contributed by atoms with van der Waals surface area (Å²) in [5, 5.41) is 0. The lowest BCUT2D eigenvalue weighted by Crippen LogP contribution is -2.47. The number of hydrogen-bond donors (Lipinski definition) is 0. The Hall–Kier alpha value is -2.53. The normalized spacial score (nSPS) is 16.1. The number of hydrogen-bond acceptors (Lipinski definition) is 4. The topological polar surface area (TPSA) is 24.9 Å². The molecule has 0 amide bonds. The number of anilines is 1. The van der Waals surface area contributed by atoms with Crippen LogP contribution in [0.3, 0.4) is 0 Å². The Kier molecular flexibility index (Phi) is 8.14. The van der Waals surface area contributed by atoms with Crippen molar-refractivity contribution in [1.82, 2.24) is 4.90 Å². The fourth-order valence-electron chi connectivity index (χ4n) is 4.17. The molecule has 162 valence electrons. The van der Waals surface area contributed by atoms with Gasteiger partial charge in [0.25, 0.3) is 0 Å². The van der Waals surface area contributed by atoms with Gasteiger partial charge in [-0.25, -0.2) is 4.39 Å². The number of methoxy groups -OCH3 is 2. The molecule has 0 N–H and O–H groups in total. The van der Waals surface area contributed by atoms with Crippen LogP contribution < -0.4 is 14.4 Å². The van der Waals surface area contributed by atoms with E-state index in [9.17, 15) is 4.39 Å². The van der Waals surface area contributed by atoms with Crippen molar-refractivity contribution in [3.05, 3.63) is 66.0 Å². The molecular weight excluding hydrogens is 379 g/mol. The van der Waals surface area contributed by atoms with Gasteiger partial charge in [0.15, 0.2) is 0 Å². The van der Waals surface area contributed by atoms with E-state index in [0.717, 1.165) is 56.9 Å². The van der Waals surface area contributed by atoms with Gasteiger partial charge in [-0.15, -0.1) is 0 Å². The van der Waals surface area contributed by atoms with Gasteiger partial charge in [0.05, 0.1) is 19.9 Å². The fourth-order valence-corrected chi connectivity index (χ4v) is 4.17. The highest BCUT2D eigenvalue weighted by atomic mass is 19.1. The van der Waals surface area contributed by atoms with Gasteiger partial charge in [0.1, 0.15) is 17.3 Å². The second-order valence-corrected chi connectivity index (χ2v) is 7.63. The van der Waals surface area contributed by atoms with Gasteiger partial charge in [-0.05, 0) is 56.0 Å². The third-order valence-corrected chi connectivity index (χ3v) is 5.82. The van der Waals surface area contributed by atoms with Crippen molar-refractivity contribution in [2.24, 2.45) is 0 Å². The summed E-state index contributed by atoms with van der Waals surface area (Å²) in [5.41, 5.74) is 2.30. The molecule has 5 heteroatoms. The van der Waals surface area contributed by atoms with E-state index in [-0.39, 0.29) is 5.82 Å². The molecule has 0 spiro atoms. The molecule has 0 saturated carbocycles. The van der Waals surface area contributed by atoms with Crippen LogP contribution in [0, 0.1) is 5.82 Å². The predicted octanol–water partition coefficient (Wildman–Crippen LogP) is 5.45. The SMILES string of the molecule is CC=CCCCC(c1ccc(OC)cc1)N1CCN(c2ccc(F)cc2OC)CC1. The fraction of sp³-hybridized carbons (Fsp3) is 0.440. The Morgan fingerprint density at radius 1 is 1.00 bits per heavy atom. The number of piperazine rings is 1. The Labute approximate surface area is 179 Å². The zero-order chi connectivity index (χ0) is 21.3. The van der Waals surface area contributed by atoms with Crippen LogP contribution in [0.25, 0.3) is 0 Å². The van der Waals surface area contributed by atoms with Crippen LogP contribution in [0.5, 0.6) is 11.5 Å².